The maximum atomic E-state index is 13.4. The van der Waals surface area contributed by atoms with Gasteiger partial charge in [0, 0.05) is 57.2 Å². The number of phenolic OH excluding ortho intramolecular Hbond substituents is 1. The van der Waals surface area contributed by atoms with E-state index in [1.807, 2.05) is 17.0 Å². The number of aryl methyl sites for hydroxylation is 1. The molecule has 1 aliphatic rings. The predicted molar refractivity (Wildman–Crippen MR) is 135 cm³/mol. The molecule has 0 aromatic heterocycles. The second-order valence-electron chi connectivity index (χ2n) is 9.49. The van der Waals surface area contributed by atoms with E-state index in [0.717, 1.165) is 24.2 Å². The molecule has 0 aliphatic carbocycles. The van der Waals surface area contributed by atoms with Crippen molar-refractivity contribution in [2.45, 2.75) is 32.9 Å². The van der Waals surface area contributed by atoms with E-state index in [9.17, 15) is 14.3 Å². The molecule has 1 fully saturated rings. The lowest BCUT2D eigenvalue weighted by atomic mass is 9.88. The largest absolute Gasteiger partial charge is 0.507 e. The van der Waals surface area contributed by atoms with Gasteiger partial charge in [-0.3, -0.25) is 9.69 Å². The first kappa shape index (κ1) is 24.7. The molecule has 2 unspecified atom stereocenters. The van der Waals surface area contributed by atoms with Gasteiger partial charge in [0.15, 0.2) is 0 Å². The highest BCUT2D eigenvalue weighted by molar-refractivity contribution is 5.73. The summed E-state index contributed by atoms with van der Waals surface area (Å²) in [6.07, 6.45) is 0. The second-order valence-corrected chi connectivity index (χ2v) is 9.49. The summed E-state index contributed by atoms with van der Waals surface area (Å²) in [5.74, 6) is 1.05. The molecule has 2 atom stereocenters. The Bertz CT molecular complexity index is 1150. The Hall–Kier alpha value is -3.38. The number of aromatic hydroxyl groups is 1. The Morgan fingerprint density at radius 2 is 1.80 bits per heavy atom. The monoisotopic (exact) mass is 476 g/mol. The van der Waals surface area contributed by atoms with Crippen LogP contribution >= 0.6 is 0 Å². The van der Waals surface area contributed by atoms with Crippen LogP contribution in [0.25, 0.3) is 0 Å². The molecule has 0 spiro atoms. The van der Waals surface area contributed by atoms with Crippen molar-refractivity contribution >= 4 is 5.91 Å². The van der Waals surface area contributed by atoms with E-state index >= 15 is 0 Å². The molecule has 35 heavy (non-hydrogen) atoms. The van der Waals surface area contributed by atoms with Gasteiger partial charge in [-0.2, -0.15) is 0 Å². The van der Waals surface area contributed by atoms with Crippen LogP contribution in [0.4, 0.5) is 4.39 Å². The number of ether oxygens (including phenoxy) is 1. The third kappa shape index (κ3) is 6.20. The van der Waals surface area contributed by atoms with E-state index in [1.165, 1.54) is 23.3 Å². The zero-order valence-corrected chi connectivity index (χ0v) is 20.6. The Labute approximate surface area is 206 Å². The standard InChI is InChI=1S/C29H33FN2O3/c1-20-4-8-23(9-5-20)28-19-31(16-24-10-13-27(35-3)14-29(24)34)17-25(28)18-32(21(2)33)15-22-6-11-26(30)12-7-22/h4-14,25,28,34H,15-19H2,1-3H3. The predicted octanol–water partition coefficient (Wildman–Crippen LogP) is 5.11. The fraction of sp³-hybridized carbons (Fsp3) is 0.345. The average molecular weight is 477 g/mol. The van der Waals surface area contributed by atoms with E-state index in [2.05, 4.69) is 36.1 Å². The lowest BCUT2D eigenvalue weighted by molar-refractivity contribution is -0.130. The number of hydrogen-bond acceptors (Lipinski definition) is 4. The van der Waals surface area contributed by atoms with Crippen LogP contribution in [0.5, 0.6) is 11.5 Å². The maximum absolute atomic E-state index is 13.4. The van der Waals surface area contributed by atoms with Crippen molar-refractivity contribution < 1.29 is 19.0 Å². The van der Waals surface area contributed by atoms with Crippen LogP contribution in [-0.2, 0) is 17.9 Å². The fourth-order valence-corrected chi connectivity index (χ4v) is 4.91. The fourth-order valence-electron chi connectivity index (χ4n) is 4.91. The van der Waals surface area contributed by atoms with Crippen LogP contribution in [0.15, 0.2) is 66.7 Å². The molecule has 0 bridgehead atoms. The van der Waals surface area contributed by atoms with Crippen LogP contribution in [0.1, 0.15) is 35.1 Å². The van der Waals surface area contributed by atoms with Crippen LogP contribution in [0.3, 0.4) is 0 Å². The molecule has 1 aliphatic heterocycles. The number of amides is 1. The number of methoxy groups -OCH3 is 1. The second kappa shape index (κ2) is 10.9. The molecular weight excluding hydrogens is 443 g/mol. The summed E-state index contributed by atoms with van der Waals surface area (Å²) in [6, 6.07) is 20.4. The van der Waals surface area contributed by atoms with Crippen LogP contribution in [0, 0.1) is 18.7 Å². The Balaban J connectivity index is 1.54. The number of rotatable bonds is 8. The van der Waals surface area contributed by atoms with Crippen LogP contribution in [0.2, 0.25) is 0 Å². The van der Waals surface area contributed by atoms with Crippen LogP contribution < -0.4 is 4.74 Å². The average Bonchev–Trinajstić information content (AvgIpc) is 3.23. The van der Waals surface area contributed by atoms with E-state index in [1.54, 1.807) is 32.2 Å². The van der Waals surface area contributed by atoms with Gasteiger partial charge in [0.2, 0.25) is 5.91 Å². The van der Waals surface area contributed by atoms with Crippen molar-refractivity contribution in [3.63, 3.8) is 0 Å². The number of benzene rings is 3. The molecule has 6 heteroatoms. The van der Waals surface area contributed by atoms with Crippen LogP contribution in [-0.4, -0.2) is 47.6 Å². The van der Waals surface area contributed by atoms with Gasteiger partial charge < -0.3 is 14.7 Å². The van der Waals surface area contributed by atoms with Gasteiger partial charge in [0.05, 0.1) is 7.11 Å². The van der Waals surface area contributed by atoms with Gasteiger partial charge in [-0.05, 0) is 42.2 Å². The maximum Gasteiger partial charge on any atom is 0.219 e. The van der Waals surface area contributed by atoms with Gasteiger partial charge in [-0.15, -0.1) is 0 Å². The molecule has 0 radical (unpaired) electrons. The molecule has 1 amide bonds. The minimum absolute atomic E-state index is 0.00299. The SMILES string of the molecule is COc1ccc(CN2CC(CN(Cc3ccc(F)cc3)C(C)=O)C(c3ccc(C)cc3)C2)c(O)c1. The van der Waals surface area contributed by atoms with Crippen molar-refractivity contribution in [3.8, 4) is 11.5 Å². The highest BCUT2D eigenvalue weighted by Crippen LogP contribution is 2.36. The van der Waals surface area contributed by atoms with Gasteiger partial charge >= 0.3 is 0 Å². The Morgan fingerprint density at radius 1 is 1.09 bits per heavy atom. The number of phenols is 1. The molecule has 1 heterocycles. The molecule has 5 nitrogen and oxygen atoms in total. The number of nitrogens with zero attached hydrogens (tertiary/aromatic N) is 2. The molecule has 1 saturated heterocycles. The molecule has 184 valence electrons. The molecule has 0 saturated carbocycles. The van der Waals surface area contributed by atoms with E-state index in [-0.39, 0.29) is 29.3 Å². The third-order valence-electron chi connectivity index (χ3n) is 6.90. The summed E-state index contributed by atoms with van der Waals surface area (Å²) in [5, 5.41) is 10.5. The summed E-state index contributed by atoms with van der Waals surface area (Å²) in [5.41, 5.74) is 4.23. The van der Waals surface area contributed by atoms with Crippen molar-refractivity contribution in [1.82, 2.24) is 9.80 Å². The van der Waals surface area contributed by atoms with Gasteiger partial charge in [-0.25, -0.2) is 4.39 Å². The number of hydrogen-bond donors (Lipinski definition) is 1. The molecule has 3 aromatic carbocycles. The number of likely N-dealkylation sites (tertiary alicyclic amines) is 1. The third-order valence-corrected chi connectivity index (χ3v) is 6.90. The van der Waals surface area contributed by atoms with Crippen molar-refractivity contribution in [3.05, 3.63) is 94.8 Å². The van der Waals surface area contributed by atoms with Crippen molar-refractivity contribution in [2.24, 2.45) is 5.92 Å². The first-order chi connectivity index (χ1) is 16.8. The topological polar surface area (TPSA) is 53.0 Å². The number of carbonyl (C=O) groups is 1. The van der Waals surface area contributed by atoms with Gasteiger partial charge in [0.25, 0.3) is 0 Å². The quantitative estimate of drug-likeness (QED) is 0.491. The molecule has 4 rings (SSSR count). The smallest absolute Gasteiger partial charge is 0.219 e. The van der Waals surface area contributed by atoms with Crippen molar-refractivity contribution in [2.75, 3.05) is 26.7 Å². The number of carbonyl (C=O) groups excluding carboxylic acids is 1. The van der Waals surface area contributed by atoms with Crippen molar-refractivity contribution in [1.29, 1.82) is 0 Å². The molecule has 3 aromatic rings. The summed E-state index contributed by atoms with van der Waals surface area (Å²) in [4.78, 5) is 16.8. The van der Waals surface area contributed by atoms with E-state index in [4.69, 9.17) is 4.74 Å². The summed E-state index contributed by atoms with van der Waals surface area (Å²) < 4.78 is 18.6. The minimum Gasteiger partial charge on any atom is -0.507 e. The summed E-state index contributed by atoms with van der Waals surface area (Å²) >= 11 is 0. The number of halogens is 1. The normalized spacial score (nSPS) is 17.9. The van der Waals surface area contributed by atoms with E-state index in [0.29, 0.717) is 25.4 Å². The minimum atomic E-state index is -0.282. The first-order valence-corrected chi connectivity index (χ1v) is 12.0. The Morgan fingerprint density at radius 3 is 2.43 bits per heavy atom. The Kier molecular flexibility index (Phi) is 7.71. The lowest BCUT2D eigenvalue weighted by Gasteiger charge is -2.28. The highest BCUT2D eigenvalue weighted by Gasteiger charge is 2.35. The van der Waals surface area contributed by atoms with E-state index < -0.39 is 0 Å². The first-order valence-electron chi connectivity index (χ1n) is 12.0. The zero-order chi connectivity index (χ0) is 24.9. The zero-order valence-electron chi connectivity index (χ0n) is 20.6. The van der Waals surface area contributed by atoms with Gasteiger partial charge in [0.1, 0.15) is 17.3 Å². The summed E-state index contributed by atoms with van der Waals surface area (Å²) in [6.45, 7) is 6.98. The summed E-state index contributed by atoms with van der Waals surface area (Å²) in [7, 11) is 1.58. The highest BCUT2D eigenvalue weighted by atomic mass is 19.1. The molecule has 1 N–H and O–H groups in total. The lowest BCUT2D eigenvalue weighted by Crippen LogP contribution is -2.35. The molecular formula is C29H33FN2O3. The van der Waals surface area contributed by atoms with Gasteiger partial charge in [-0.1, -0.05) is 48.0 Å².